The van der Waals surface area contributed by atoms with Crippen molar-refractivity contribution in [3.63, 3.8) is 0 Å². The zero-order valence-electron chi connectivity index (χ0n) is 22.2. The van der Waals surface area contributed by atoms with Crippen LogP contribution in [-0.4, -0.2) is 22.8 Å². The van der Waals surface area contributed by atoms with Gasteiger partial charge in [0.2, 0.25) is 0 Å². The molecule has 0 saturated heterocycles. The van der Waals surface area contributed by atoms with Crippen LogP contribution in [0, 0.1) is 11.3 Å². The van der Waals surface area contributed by atoms with Crippen LogP contribution >= 0.6 is 0 Å². The van der Waals surface area contributed by atoms with Gasteiger partial charge in [-0.2, -0.15) is 13.7 Å². The van der Waals surface area contributed by atoms with Gasteiger partial charge in [-0.15, -0.1) is 5.10 Å². The van der Waals surface area contributed by atoms with E-state index in [0.29, 0.717) is 24.0 Å². The lowest BCUT2D eigenvalue weighted by Crippen LogP contribution is -2.31. The topological polar surface area (TPSA) is 124 Å². The minimum atomic E-state index is -4.41. The van der Waals surface area contributed by atoms with Crippen molar-refractivity contribution >= 4 is 20.9 Å². The number of nitriles is 1. The number of hydrogen-bond donors (Lipinski definition) is 0. The second-order valence-electron chi connectivity index (χ2n) is 10.7. The predicted molar refractivity (Wildman–Crippen MR) is 141 cm³/mol. The van der Waals surface area contributed by atoms with Crippen LogP contribution in [0.4, 0.5) is 0 Å². The van der Waals surface area contributed by atoms with E-state index in [9.17, 15) is 23.3 Å². The molecule has 0 aliphatic heterocycles. The summed E-state index contributed by atoms with van der Waals surface area (Å²) in [5, 5.41) is 13.8. The quantitative estimate of drug-likeness (QED) is 0.423. The van der Waals surface area contributed by atoms with Crippen LogP contribution in [0.15, 0.2) is 38.9 Å². The molecule has 0 radical (unpaired) electrons. The SMILES string of the molecule is CC(C)c1cc(C(C)C)c(S(=O)(=O)Oc2nn(C)c(=O)c3cc(=O)n(C4(C#N)CC4)cc23)c(C(C)C)c1. The van der Waals surface area contributed by atoms with Crippen LogP contribution in [-0.2, 0) is 22.7 Å². The van der Waals surface area contributed by atoms with Gasteiger partial charge < -0.3 is 4.18 Å². The highest BCUT2D eigenvalue weighted by atomic mass is 32.2. The molecule has 196 valence electrons. The average Bonchev–Trinajstić information content (AvgIpc) is 3.62. The summed E-state index contributed by atoms with van der Waals surface area (Å²) in [6.45, 7) is 11.8. The van der Waals surface area contributed by atoms with Gasteiger partial charge in [-0.1, -0.05) is 53.7 Å². The molecule has 2 aromatic heterocycles. The van der Waals surface area contributed by atoms with Gasteiger partial charge in [0.05, 0.1) is 16.8 Å². The molecule has 1 aliphatic rings. The molecule has 0 atom stereocenters. The lowest BCUT2D eigenvalue weighted by atomic mass is 9.89. The van der Waals surface area contributed by atoms with E-state index >= 15 is 0 Å². The fourth-order valence-electron chi connectivity index (χ4n) is 4.54. The average molecular weight is 525 g/mol. The van der Waals surface area contributed by atoms with Crippen molar-refractivity contribution < 1.29 is 12.6 Å². The summed E-state index contributed by atoms with van der Waals surface area (Å²) in [5.41, 5.74) is 0.220. The number of rotatable bonds is 7. The number of benzene rings is 1. The molecule has 3 aromatic rings. The predicted octanol–water partition coefficient (Wildman–Crippen LogP) is 4.25. The van der Waals surface area contributed by atoms with E-state index in [4.69, 9.17) is 4.18 Å². The van der Waals surface area contributed by atoms with E-state index in [2.05, 4.69) is 25.0 Å². The van der Waals surface area contributed by atoms with E-state index in [1.54, 1.807) is 0 Å². The molecule has 9 nitrogen and oxygen atoms in total. The van der Waals surface area contributed by atoms with Crippen LogP contribution in [0.25, 0.3) is 10.8 Å². The fraction of sp³-hybridized carbons (Fsp3) is 0.481. The van der Waals surface area contributed by atoms with E-state index in [1.165, 1.54) is 17.8 Å². The maximum atomic E-state index is 13.9. The second-order valence-corrected chi connectivity index (χ2v) is 12.2. The fourth-order valence-corrected chi connectivity index (χ4v) is 6.12. The molecular weight excluding hydrogens is 492 g/mol. The zero-order valence-corrected chi connectivity index (χ0v) is 23.0. The van der Waals surface area contributed by atoms with Gasteiger partial charge in [0.1, 0.15) is 10.4 Å². The third-order valence-electron chi connectivity index (χ3n) is 6.96. The summed E-state index contributed by atoms with van der Waals surface area (Å²) in [5.74, 6) is -0.333. The maximum Gasteiger partial charge on any atom is 0.341 e. The first-order valence-corrected chi connectivity index (χ1v) is 13.8. The number of nitrogens with zero attached hydrogens (tertiary/aromatic N) is 4. The van der Waals surface area contributed by atoms with Gasteiger partial charge in [-0.3, -0.25) is 14.2 Å². The minimum absolute atomic E-state index is 0.0268. The number of aryl methyl sites for hydroxylation is 1. The molecule has 0 spiro atoms. The Morgan fingerprint density at radius 2 is 1.54 bits per heavy atom. The van der Waals surface area contributed by atoms with Gasteiger partial charge in [-0.25, -0.2) is 4.68 Å². The molecule has 1 aromatic carbocycles. The highest BCUT2D eigenvalue weighted by Crippen LogP contribution is 2.42. The Hall–Kier alpha value is -3.45. The van der Waals surface area contributed by atoms with E-state index in [1.807, 2.05) is 39.8 Å². The number of pyridine rings is 1. The highest BCUT2D eigenvalue weighted by Gasteiger charge is 2.46. The van der Waals surface area contributed by atoms with E-state index in [-0.39, 0.29) is 39.3 Å². The molecule has 10 heteroatoms. The second kappa shape index (κ2) is 9.14. The lowest BCUT2D eigenvalue weighted by Gasteiger charge is -2.22. The summed E-state index contributed by atoms with van der Waals surface area (Å²) in [4.78, 5) is 25.6. The molecule has 0 bridgehead atoms. The summed E-state index contributed by atoms with van der Waals surface area (Å²) in [6.07, 6.45) is 2.29. The Morgan fingerprint density at radius 3 is 2.00 bits per heavy atom. The first-order valence-electron chi connectivity index (χ1n) is 12.4. The number of fused-ring (bicyclic) bond motifs is 1. The Kier molecular flexibility index (Phi) is 6.57. The van der Waals surface area contributed by atoms with Gasteiger partial charge in [-0.05, 0) is 47.3 Å². The van der Waals surface area contributed by atoms with Crippen LogP contribution in [0.3, 0.4) is 0 Å². The van der Waals surface area contributed by atoms with Crippen LogP contribution in [0.1, 0.15) is 88.8 Å². The minimum Gasteiger partial charge on any atom is -0.356 e. The largest absolute Gasteiger partial charge is 0.356 e. The summed E-state index contributed by atoms with van der Waals surface area (Å²) in [6, 6.07) is 7.08. The Bertz CT molecular complexity index is 1640. The maximum absolute atomic E-state index is 13.9. The normalized spacial score (nSPS) is 14.9. The third kappa shape index (κ3) is 4.57. The van der Waals surface area contributed by atoms with Crippen molar-refractivity contribution in [3.8, 4) is 11.9 Å². The number of aromatic nitrogens is 3. The number of hydrogen-bond acceptors (Lipinski definition) is 7. The Labute approximate surface area is 216 Å². The van der Waals surface area contributed by atoms with Gasteiger partial charge in [0, 0.05) is 19.3 Å². The molecule has 1 aliphatic carbocycles. The molecule has 37 heavy (non-hydrogen) atoms. The van der Waals surface area contributed by atoms with Crippen molar-refractivity contribution in [2.24, 2.45) is 7.05 Å². The van der Waals surface area contributed by atoms with Gasteiger partial charge in [0.15, 0.2) is 0 Å². The molecule has 4 rings (SSSR count). The van der Waals surface area contributed by atoms with Crippen molar-refractivity contribution in [1.82, 2.24) is 14.3 Å². The first kappa shape index (κ1) is 26.6. The monoisotopic (exact) mass is 524 g/mol. The van der Waals surface area contributed by atoms with E-state index in [0.717, 1.165) is 16.3 Å². The highest BCUT2D eigenvalue weighted by molar-refractivity contribution is 7.87. The van der Waals surface area contributed by atoms with Gasteiger partial charge in [0.25, 0.3) is 17.0 Å². The molecule has 1 saturated carbocycles. The molecule has 0 amide bonds. The summed E-state index contributed by atoms with van der Waals surface area (Å²) < 4.78 is 35.7. The molecule has 0 unspecified atom stereocenters. The van der Waals surface area contributed by atoms with Crippen molar-refractivity contribution in [2.45, 2.75) is 82.6 Å². The summed E-state index contributed by atoms with van der Waals surface area (Å²) in [7, 11) is -3.04. The van der Waals surface area contributed by atoms with Crippen LogP contribution in [0.2, 0.25) is 0 Å². The van der Waals surface area contributed by atoms with Crippen LogP contribution < -0.4 is 15.3 Å². The Morgan fingerprint density at radius 1 is 0.973 bits per heavy atom. The lowest BCUT2D eigenvalue weighted by molar-refractivity contribution is 0.462. The van der Waals surface area contributed by atoms with Gasteiger partial charge >= 0.3 is 10.1 Å². The third-order valence-corrected chi connectivity index (χ3v) is 8.31. The van der Waals surface area contributed by atoms with E-state index < -0.39 is 26.8 Å². The van der Waals surface area contributed by atoms with Crippen molar-refractivity contribution in [2.75, 3.05) is 0 Å². The van der Waals surface area contributed by atoms with Crippen LogP contribution in [0.5, 0.6) is 5.88 Å². The standard InChI is InChI=1S/C27H32N4O5S/c1-15(2)18-10-19(16(3)4)24(20(11-18)17(5)6)37(34,35)36-25-22-13-31(27(14-28)8-9-27)23(32)12-21(22)26(33)30(7)29-25/h10-13,15-17H,8-9H2,1-7H3. The molecule has 2 heterocycles. The zero-order chi connectivity index (χ0) is 27.4. The van der Waals surface area contributed by atoms with Crippen molar-refractivity contribution in [1.29, 1.82) is 5.26 Å². The first-order chi connectivity index (χ1) is 17.2. The van der Waals surface area contributed by atoms with Crippen molar-refractivity contribution in [3.05, 3.63) is 61.8 Å². The smallest absolute Gasteiger partial charge is 0.341 e. The summed E-state index contributed by atoms with van der Waals surface area (Å²) >= 11 is 0. The molecule has 1 fully saturated rings. The molecular formula is C27H32N4O5S. The molecule has 0 N–H and O–H groups in total. The Balaban J connectivity index is 1.98.